The minimum absolute atomic E-state index is 0.106. The molecule has 1 rings (SSSR count). The Labute approximate surface area is 57.8 Å². The number of likely N-dealkylation sites (tertiary alicyclic amines) is 1. The largest absolute Gasteiger partial charge is 0.328 e. The van der Waals surface area contributed by atoms with E-state index in [1.807, 2.05) is 0 Å². The van der Waals surface area contributed by atoms with Gasteiger partial charge in [0.05, 0.1) is 6.54 Å². The lowest BCUT2D eigenvalue weighted by Crippen LogP contribution is -2.41. The Bertz CT molecular complexity index is 138. The third-order valence-corrected chi connectivity index (χ3v) is 1.52. The summed E-state index contributed by atoms with van der Waals surface area (Å²) in [6.07, 6.45) is 1.73. The van der Waals surface area contributed by atoms with Crippen LogP contribution in [0.4, 0.5) is 8.78 Å². The van der Waals surface area contributed by atoms with Crippen LogP contribution in [-0.4, -0.2) is 30.3 Å². The lowest BCUT2D eigenvalue weighted by Gasteiger charge is -2.28. The molecule has 0 N–H and O–H groups in total. The molecule has 4 heteroatoms. The van der Waals surface area contributed by atoms with Gasteiger partial charge < -0.3 is 4.90 Å². The molecule has 0 spiro atoms. The maximum Gasteiger partial charge on any atom is 0.312 e. The van der Waals surface area contributed by atoms with Crippen LogP contribution in [0.5, 0.6) is 0 Å². The van der Waals surface area contributed by atoms with Gasteiger partial charge in [0.15, 0.2) is 0 Å². The Morgan fingerprint density at radius 2 is 2.20 bits per heavy atom. The Hall–Kier alpha value is -0.670. The van der Waals surface area contributed by atoms with Gasteiger partial charge in [0.1, 0.15) is 0 Å². The van der Waals surface area contributed by atoms with Gasteiger partial charge in [-0.1, -0.05) is 0 Å². The molecule has 0 aromatic rings. The Balaban J connectivity index is 2.47. The van der Waals surface area contributed by atoms with Crippen LogP contribution in [0.2, 0.25) is 0 Å². The molecule has 1 fully saturated rings. The minimum Gasteiger partial charge on any atom is -0.328 e. The quantitative estimate of drug-likeness (QED) is 0.538. The SMILES string of the molecule is O=[C]N1CCCC(F)(F)C1. The van der Waals surface area contributed by atoms with Crippen molar-refractivity contribution in [2.75, 3.05) is 13.1 Å². The van der Waals surface area contributed by atoms with Gasteiger partial charge in [-0.3, -0.25) is 4.79 Å². The van der Waals surface area contributed by atoms with Gasteiger partial charge in [0, 0.05) is 13.0 Å². The zero-order valence-electron chi connectivity index (χ0n) is 5.44. The van der Waals surface area contributed by atoms with Crippen molar-refractivity contribution in [1.82, 2.24) is 4.90 Å². The van der Waals surface area contributed by atoms with Crippen LogP contribution in [-0.2, 0) is 4.79 Å². The molecule has 0 bridgehead atoms. The van der Waals surface area contributed by atoms with E-state index in [0.29, 0.717) is 13.0 Å². The van der Waals surface area contributed by atoms with Gasteiger partial charge in [-0.2, -0.15) is 0 Å². The van der Waals surface area contributed by atoms with E-state index in [1.54, 1.807) is 0 Å². The maximum absolute atomic E-state index is 12.4. The van der Waals surface area contributed by atoms with Crippen molar-refractivity contribution in [1.29, 1.82) is 0 Å². The van der Waals surface area contributed by atoms with Crippen molar-refractivity contribution in [3.05, 3.63) is 0 Å². The Morgan fingerprint density at radius 1 is 1.50 bits per heavy atom. The zero-order valence-corrected chi connectivity index (χ0v) is 5.44. The van der Waals surface area contributed by atoms with Crippen molar-refractivity contribution in [3.8, 4) is 0 Å². The molecule has 1 aliphatic heterocycles. The molecule has 0 aromatic heterocycles. The normalized spacial score (nSPS) is 24.4. The fourth-order valence-electron chi connectivity index (χ4n) is 1.04. The maximum atomic E-state index is 12.4. The highest BCUT2D eigenvalue weighted by Crippen LogP contribution is 2.25. The summed E-state index contributed by atoms with van der Waals surface area (Å²) < 4.78 is 24.8. The third-order valence-electron chi connectivity index (χ3n) is 1.52. The molecule has 1 amide bonds. The number of alkyl halides is 2. The minimum atomic E-state index is -2.68. The van der Waals surface area contributed by atoms with Crippen molar-refractivity contribution in [2.45, 2.75) is 18.8 Å². The molecular weight excluding hydrogens is 140 g/mol. The van der Waals surface area contributed by atoms with E-state index < -0.39 is 12.5 Å². The second-order valence-corrected chi connectivity index (χ2v) is 2.47. The van der Waals surface area contributed by atoms with Crippen molar-refractivity contribution in [3.63, 3.8) is 0 Å². The second kappa shape index (κ2) is 2.52. The summed E-state index contributed by atoms with van der Waals surface area (Å²) >= 11 is 0. The first-order chi connectivity index (χ1) is 4.64. The number of rotatable bonds is 1. The number of carbonyl (C=O) groups excluding carboxylic acids is 1. The van der Waals surface area contributed by atoms with Crippen LogP contribution in [0.3, 0.4) is 0 Å². The Morgan fingerprint density at radius 3 is 2.60 bits per heavy atom. The van der Waals surface area contributed by atoms with E-state index in [9.17, 15) is 13.6 Å². The number of amides is 1. The summed E-state index contributed by atoms with van der Waals surface area (Å²) in [5.41, 5.74) is 0. The highest BCUT2D eigenvalue weighted by molar-refractivity contribution is 5.48. The third kappa shape index (κ3) is 1.65. The molecule has 0 aromatic carbocycles. The van der Waals surface area contributed by atoms with Gasteiger partial charge in [-0.15, -0.1) is 0 Å². The molecule has 1 saturated heterocycles. The summed E-state index contributed by atoms with van der Waals surface area (Å²) in [5, 5.41) is 0. The van der Waals surface area contributed by atoms with Gasteiger partial charge in [0.2, 0.25) is 0 Å². The van der Waals surface area contributed by atoms with E-state index in [4.69, 9.17) is 0 Å². The average molecular weight is 148 g/mol. The van der Waals surface area contributed by atoms with Crippen molar-refractivity contribution < 1.29 is 13.6 Å². The predicted molar refractivity (Wildman–Crippen MR) is 31.4 cm³/mol. The number of hydrogen-bond acceptors (Lipinski definition) is 1. The standard InChI is InChI=1S/C6H8F2NO/c7-6(8)2-1-3-9(4-6)5-10/h1-4H2. The highest BCUT2D eigenvalue weighted by Gasteiger charge is 2.34. The summed E-state index contributed by atoms with van der Waals surface area (Å²) in [7, 11) is 0. The van der Waals surface area contributed by atoms with Crippen molar-refractivity contribution in [2.24, 2.45) is 0 Å². The van der Waals surface area contributed by atoms with Crippen LogP contribution in [0.15, 0.2) is 0 Å². The van der Waals surface area contributed by atoms with Gasteiger partial charge in [-0.05, 0) is 6.42 Å². The lowest BCUT2D eigenvalue weighted by atomic mass is 10.1. The van der Waals surface area contributed by atoms with Crippen LogP contribution >= 0.6 is 0 Å². The van der Waals surface area contributed by atoms with Crippen LogP contribution in [0.1, 0.15) is 12.8 Å². The van der Waals surface area contributed by atoms with Crippen LogP contribution < -0.4 is 0 Å². The molecule has 2 nitrogen and oxygen atoms in total. The fourth-order valence-corrected chi connectivity index (χ4v) is 1.04. The molecule has 0 atom stereocenters. The number of hydrogen-bond donors (Lipinski definition) is 0. The van der Waals surface area contributed by atoms with Gasteiger partial charge in [0.25, 0.3) is 5.92 Å². The topological polar surface area (TPSA) is 20.3 Å². The second-order valence-electron chi connectivity index (χ2n) is 2.47. The molecular formula is C6H8F2NO. The van der Waals surface area contributed by atoms with Crippen molar-refractivity contribution >= 4 is 6.41 Å². The van der Waals surface area contributed by atoms with E-state index in [0.717, 1.165) is 4.90 Å². The molecule has 1 aliphatic rings. The Kier molecular flexibility index (Phi) is 1.87. The predicted octanol–water partition coefficient (Wildman–Crippen LogP) is 0.785. The lowest BCUT2D eigenvalue weighted by molar-refractivity contribution is -0.0470. The molecule has 1 heterocycles. The summed E-state index contributed by atoms with van der Waals surface area (Å²) in [6, 6.07) is 0. The van der Waals surface area contributed by atoms with E-state index in [-0.39, 0.29) is 6.42 Å². The van der Waals surface area contributed by atoms with E-state index >= 15 is 0 Å². The molecule has 57 valence electrons. The average Bonchev–Trinajstić information content (AvgIpc) is 1.86. The molecule has 0 aliphatic carbocycles. The number of piperidine rings is 1. The van der Waals surface area contributed by atoms with Crippen LogP contribution in [0, 0.1) is 0 Å². The fraction of sp³-hybridized carbons (Fsp3) is 0.833. The molecule has 0 saturated carbocycles. The monoisotopic (exact) mass is 148 g/mol. The first-order valence-electron chi connectivity index (χ1n) is 3.15. The summed E-state index contributed by atoms with van der Waals surface area (Å²) in [5.74, 6) is -2.68. The highest BCUT2D eigenvalue weighted by atomic mass is 19.3. The molecule has 1 radical (unpaired) electrons. The van der Waals surface area contributed by atoms with Crippen LogP contribution in [0.25, 0.3) is 0 Å². The molecule has 0 unspecified atom stereocenters. The van der Waals surface area contributed by atoms with Gasteiger partial charge >= 0.3 is 6.41 Å². The first-order valence-corrected chi connectivity index (χ1v) is 3.15. The molecule has 10 heavy (non-hydrogen) atoms. The summed E-state index contributed by atoms with van der Waals surface area (Å²) in [6.45, 7) is -0.0460. The number of nitrogens with zero attached hydrogens (tertiary/aromatic N) is 1. The van der Waals surface area contributed by atoms with E-state index in [1.165, 1.54) is 6.41 Å². The zero-order chi connectivity index (χ0) is 7.61. The summed E-state index contributed by atoms with van der Waals surface area (Å²) in [4.78, 5) is 10.9. The van der Waals surface area contributed by atoms with E-state index in [2.05, 4.69) is 0 Å². The smallest absolute Gasteiger partial charge is 0.312 e. The first kappa shape index (κ1) is 7.44. The number of halogens is 2. The van der Waals surface area contributed by atoms with Gasteiger partial charge in [-0.25, -0.2) is 8.78 Å².